The molecular weight excluding hydrogens is 352 g/mol. The summed E-state index contributed by atoms with van der Waals surface area (Å²) in [6.07, 6.45) is 0. The average Bonchev–Trinajstić information content (AvgIpc) is 2.37. The molecule has 1 atom stereocenters. The Morgan fingerprint density at radius 3 is 1.95 bits per heavy atom. The summed E-state index contributed by atoms with van der Waals surface area (Å²) in [4.78, 5) is 12.5. The van der Waals surface area contributed by atoms with Gasteiger partial charge in [-0.2, -0.15) is 0 Å². The normalized spacial score (nSPS) is 10.1. The van der Waals surface area contributed by atoms with Crippen molar-refractivity contribution in [3.63, 3.8) is 0 Å². The molecule has 7 heteroatoms. The second-order valence-corrected chi connectivity index (χ2v) is 5.95. The second kappa shape index (κ2) is 7.53. The molecule has 0 radical (unpaired) electrons. The molecule has 0 aliphatic carbocycles. The van der Waals surface area contributed by atoms with E-state index in [4.69, 9.17) is 46.4 Å². The minimum atomic E-state index is -0.315. The molecule has 2 aromatic rings. The van der Waals surface area contributed by atoms with E-state index in [1.165, 1.54) is 6.07 Å². The van der Waals surface area contributed by atoms with Crippen LogP contribution >= 0.6 is 55.6 Å². The van der Waals surface area contributed by atoms with Crippen LogP contribution in [0.25, 0.3) is 0 Å². The van der Waals surface area contributed by atoms with Gasteiger partial charge in [-0.15, -0.1) is 9.24 Å². The summed E-state index contributed by atoms with van der Waals surface area (Å²) in [5, 5.41) is 1.35. The predicted octanol–water partition coefficient (Wildman–Crippen LogP) is 4.38. The van der Waals surface area contributed by atoms with Gasteiger partial charge < -0.3 is 0 Å². The summed E-state index contributed by atoms with van der Waals surface area (Å²) in [6, 6.07) is 8.48. The summed E-state index contributed by atoms with van der Waals surface area (Å²) < 4.78 is 0. The van der Waals surface area contributed by atoms with E-state index in [9.17, 15) is 4.79 Å². The number of benzene rings is 2. The molecule has 0 aliphatic rings. The first-order valence-electron chi connectivity index (χ1n) is 5.15. The third kappa shape index (κ3) is 3.55. The monoisotopic (exact) mass is 358 g/mol. The number of carbonyl (C=O) groups is 1. The van der Waals surface area contributed by atoms with Gasteiger partial charge in [-0.1, -0.05) is 70.7 Å². The maximum absolute atomic E-state index is 12.5. The fraction of sp³-hybridized carbons (Fsp3) is 0. The van der Waals surface area contributed by atoms with Gasteiger partial charge in [-0.3, -0.25) is 4.79 Å². The SMILES string of the molecule is O=C(c1ccccc1P)c1c(Cl)c(Cl)cc(Cl)c1Cl.[LiH]. The molecule has 1 nitrogen and oxygen atoms in total. The summed E-state index contributed by atoms with van der Waals surface area (Å²) >= 11 is 24.0. The van der Waals surface area contributed by atoms with Crippen molar-refractivity contribution in [1.82, 2.24) is 0 Å². The molecule has 0 bridgehead atoms. The van der Waals surface area contributed by atoms with Crippen molar-refractivity contribution in [2.75, 3.05) is 0 Å². The number of rotatable bonds is 2. The fourth-order valence-electron chi connectivity index (χ4n) is 1.61. The van der Waals surface area contributed by atoms with Gasteiger partial charge in [0.25, 0.3) is 0 Å². The minimum absolute atomic E-state index is 0. The van der Waals surface area contributed by atoms with Gasteiger partial charge in [0.05, 0.1) is 25.7 Å². The molecule has 0 N–H and O–H groups in total. The molecule has 0 heterocycles. The number of hydrogen-bond donors (Lipinski definition) is 0. The Labute approximate surface area is 151 Å². The van der Waals surface area contributed by atoms with Gasteiger partial charge in [0.2, 0.25) is 0 Å². The number of hydrogen-bond acceptors (Lipinski definition) is 1. The van der Waals surface area contributed by atoms with Gasteiger partial charge in [-0.05, 0) is 11.4 Å². The van der Waals surface area contributed by atoms with E-state index in [1.54, 1.807) is 18.2 Å². The van der Waals surface area contributed by atoms with Crippen LogP contribution in [0.15, 0.2) is 30.3 Å². The summed E-state index contributed by atoms with van der Waals surface area (Å²) in [7, 11) is 2.49. The van der Waals surface area contributed by atoms with E-state index in [2.05, 4.69) is 9.24 Å². The molecule has 0 fully saturated rings. The van der Waals surface area contributed by atoms with Gasteiger partial charge in [-0.25, -0.2) is 0 Å². The first kappa shape index (κ1) is 18.3. The van der Waals surface area contributed by atoms with Crippen molar-refractivity contribution in [3.8, 4) is 0 Å². The molecule has 0 aliphatic heterocycles. The number of carbonyl (C=O) groups excluding carboxylic acids is 1. The van der Waals surface area contributed by atoms with Gasteiger partial charge >= 0.3 is 18.9 Å². The standard InChI is InChI=1S/C13H7Cl4OP.Li.H/c14-7-5-8(15)12(17)10(11(7)16)13(18)6-3-1-2-4-9(6)19;;/h1-5H,19H2;;. The molecule has 1 unspecified atom stereocenters. The van der Waals surface area contributed by atoms with Crippen LogP contribution in [0.2, 0.25) is 20.1 Å². The van der Waals surface area contributed by atoms with Crippen molar-refractivity contribution in [2.24, 2.45) is 0 Å². The van der Waals surface area contributed by atoms with Crippen molar-refractivity contribution < 1.29 is 4.79 Å². The van der Waals surface area contributed by atoms with Crippen LogP contribution < -0.4 is 5.30 Å². The molecule has 100 valence electrons. The third-order valence-electron chi connectivity index (χ3n) is 2.54. The zero-order valence-electron chi connectivity index (χ0n) is 9.38. The third-order valence-corrected chi connectivity index (χ3v) is 4.62. The van der Waals surface area contributed by atoms with Crippen LogP contribution in [-0.4, -0.2) is 24.6 Å². The van der Waals surface area contributed by atoms with E-state index in [0.717, 1.165) is 5.30 Å². The fourth-order valence-corrected chi connectivity index (χ4v) is 2.93. The quantitative estimate of drug-likeness (QED) is 0.336. The van der Waals surface area contributed by atoms with Crippen LogP contribution in [0.4, 0.5) is 0 Å². The molecule has 2 rings (SSSR count). The molecule has 0 aromatic heterocycles. The molecular formula is C13H8Cl4LiOP. The van der Waals surface area contributed by atoms with Gasteiger partial charge in [0, 0.05) is 5.56 Å². The van der Waals surface area contributed by atoms with Crippen molar-refractivity contribution in [1.29, 1.82) is 0 Å². The molecule has 0 saturated heterocycles. The molecule has 0 amide bonds. The van der Waals surface area contributed by atoms with Crippen molar-refractivity contribution >= 4 is 85.6 Å². The van der Waals surface area contributed by atoms with E-state index in [-0.39, 0.29) is 50.3 Å². The Kier molecular flexibility index (Phi) is 6.90. The van der Waals surface area contributed by atoms with Crippen LogP contribution in [0, 0.1) is 0 Å². The molecule has 2 aromatic carbocycles. The maximum atomic E-state index is 12.5. The van der Waals surface area contributed by atoms with Gasteiger partial charge in [0.15, 0.2) is 5.78 Å². The Hall–Kier alpha value is 0.297. The average molecular weight is 360 g/mol. The summed E-state index contributed by atoms with van der Waals surface area (Å²) in [5.74, 6) is -0.315. The first-order chi connectivity index (χ1) is 8.93. The Balaban J connectivity index is 0.00000200. The summed E-state index contributed by atoms with van der Waals surface area (Å²) in [6.45, 7) is 0. The van der Waals surface area contributed by atoms with Crippen molar-refractivity contribution in [3.05, 3.63) is 61.5 Å². The Morgan fingerprint density at radius 2 is 1.45 bits per heavy atom. The van der Waals surface area contributed by atoms with E-state index < -0.39 is 0 Å². The van der Waals surface area contributed by atoms with Crippen LogP contribution in [0.5, 0.6) is 0 Å². The number of halogens is 4. The van der Waals surface area contributed by atoms with Crippen LogP contribution in [-0.2, 0) is 0 Å². The van der Waals surface area contributed by atoms with E-state index in [0.29, 0.717) is 5.56 Å². The zero-order valence-corrected chi connectivity index (χ0v) is 13.6. The molecule has 20 heavy (non-hydrogen) atoms. The topological polar surface area (TPSA) is 17.1 Å². The predicted molar refractivity (Wildman–Crippen MR) is 92.8 cm³/mol. The van der Waals surface area contributed by atoms with Crippen molar-refractivity contribution in [2.45, 2.75) is 0 Å². The zero-order chi connectivity index (χ0) is 14.2. The molecule has 0 saturated carbocycles. The first-order valence-corrected chi connectivity index (χ1v) is 7.24. The summed E-state index contributed by atoms with van der Waals surface area (Å²) in [5.41, 5.74) is 0.602. The van der Waals surface area contributed by atoms with Crippen LogP contribution in [0.3, 0.4) is 0 Å². The Morgan fingerprint density at radius 1 is 0.950 bits per heavy atom. The number of ketones is 1. The van der Waals surface area contributed by atoms with E-state index in [1.807, 2.05) is 6.07 Å². The van der Waals surface area contributed by atoms with E-state index >= 15 is 0 Å². The second-order valence-electron chi connectivity index (χ2n) is 3.76. The van der Waals surface area contributed by atoms with Gasteiger partial charge in [0.1, 0.15) is 0 Å². The van der Waals surface area contributed by atoms with Crippen LogP contribution in [0.1, 0.15) is 15.9 Å². The Bertz CT molecular complexity index is 649. The molecule has 0 spiro atoms.